The lowest BCUT2D eigenvalue weighted by Crippen LogP contribution is -2.48. The van der Waals surface area contributed by atoms with E-state index in [1.165, 1.54) is 32.2 Å². The minimum atomic E-state index is 0.305. The molecule has 0 aromatic carbocycles. The molecule has 0 bridgehead atoms. The van der Waals surface area contributed by atoms with Crippen LogP contribution in [0.15, 0.2) is 0 Å². The first-order chi connectivity index (χ1) is 8.51. The van der Waals surface area contributed by atoms with Gasteiger partial charge in [-0.1, -0.05) is 0 Å². The van der Waals surface area contributed by atoms with Gasteiger partial charge in [0.2, 0.25) is 0 Å². The van der Waals surface area contributed by atoms with Crippen LogP contribution in [0.1, 0.15) is 67.2 Å². The number of hydrogen-bond acceptors (Lipinski definition) is 2. The van der Waals surface area contributed by atoms with Crippen LogP contribution in [0.5, 0.6) is 0 Å². The summed E-state index contributed by atoms with van der Waals surface area (Å²) in [7, 11) is 4.57. The van der Waals surface area contributed by atoms with Crippen LogP contribution in [0, 0.1) is 5.92 Å². The summed E-state index contributed by atoms with van der Waals surface area (Å²) in [5, 5.41) is 0. The van der Waals surface area contributed by atoms with E-state index < -0.39 is 0 Å². The van der Waals surface area contributed by atoms with E-state index in [1.54, 1.807) is 0 Å². The van der Waals surface area contributed by atoms with Crippen molar-refractivity contribution >= 4 is 0 Å². The van der Waals surface area contributed by atoms with Crippen LogP contribution in [-0.4, -0.2) is 47.6 Å². The van der Waals surface area contributed by atoms with E-state index in [4.69, 9.17) is 0 Å². The number of rotatable bonds is 3. The second-order valence-electron chi connectivity index (χ2n) is 8.51. The molecule has 0 unspecified atom stereocenters. The number of hydrogen-bond donors (Lipinski definition) is 0. The third-order valence-corrected chi connectivity index (χ3v) is 5.10. The van der Waals surface area contributed by atoms with E-state index in [9.17, 15) is 0 Å². The van der Waals surface area contributed by atoms with E-state index in [1.807, 2.05) is 0 Å². The zero-order chi connectivity index (χ0) is 14.8. The van der Waals surface area contributed by atoms with Crippen molar-refractivity contribution in [3.63, 3.8) is 0 Å². The molecule has 1 rings (SSSR count). The summed E-state index contributed by atoms with van der Waals surface area (Å²) in [6.45, 7) is 15.2. The minimum absolute atomic E-state index is 0.305. The molecule has 0 N–H and O–H groups in total. The SMILES string of the molecule is CN(CC1CCC(N(C)C(C)(C)C)CC1)C(C)(C)C. The molecule has 2 heteroatoms. The lowest BCUT2D eigenvalue weighted by molar-refractivity contribution is 0.0648. The van der Waals surface area contributed by atoms with Crippen molar-refractivity contribution in [2.75, 3.05) is 20.6 Å². The molecule has 0 aliphatic heterocycles. The highest BCUT2D eigenvalue weighted by molar-refractivity contribution is 4.86. The Balaban J connectivity index is 2.42. The second kappa shape index (κ2) is 6.13. The first kappa shape index (κ1) is 17.0. The van der Waals surface area contributed by atoms with Gasteiger partial charge >= 0.3 is 0 Å². The van der Waals surface area contributed by atoms with Crippen LogP contribution in [0.3, 0.4) is 0 Å². The van der Waals surface area contributed by atoms with Crippen molar-refractivity contribution in [3.05, 3.63) is 0 Å². The van der Waals surface area contributed by atoms with Gasteiger partial charge in [-0.15, -0.1) is 0 Å². The second-order valence-corrected chi connectivity index (χ2v) is 8.51. The maximum atomic E-state index is 2.58. The smallest absolute Gasteiger partial charge is 0.0124 e. The average Bonchev–Trinajstić information content (AvgIpc) is 2.26. The van der Waals surface area contributed by atoms with E-state index in [2.05, 4.69) is 65.4 Å². The molecular formula is C17H36N2. The Morgan fingerprint density at radius 2 is 1.26 bits per heavy atom. The van der Waals surface area contributed by atoms with E-state index in [0.29, 0.717) is 11.1 Å². The van der Waals surface area contributed by atoms with Crippen LogP contribution >= 0.6 is 0 Å². The number of nitrogens with zero attached hydrogens (tertiary/aromatic N) is 2. The van der Waals surface area contributed by atoms with Gasteiger partial charge in [0.15, 0.2) is 0 Å². The highest BCUT2D eigenvalue weighted by atomic mass is 15.2. The zero-order valence-corrected chi connectivity index (χ0v) is 14.6. The van der Waals surface area contributed by atoms with Gasteiger partial charge in [0.05, 0.1) is 0 Å². The Morgan fingerprint density at radius 1 is 0.789 bits per heavy atom. The molecule has 0 saturated heterocycles. The molecule has 114 valence electrons. The molecular weight excluding hydrogens is 232 g/mol. The summed E-state index contributed by atoms with van der Waals surface area (Å²) in [4.78, 5) is 5.10. The summed E-state index contributed by atoms with van der Waals surface area (Å²) < 4.78 is 0. The molecule has 1 aliphatic carbocycles. The van der Waals surface area contributed by atoms with Crippen LogP contribution < -0.4 is 0 Å². The standard InChI is InChI=1S/C17H36N2/c1-16(2,3)18(7)13-14-9-11-15(12-10-14)19(8)17(4,5)6/h14-15H,9-13H2,1-8H3. The predicted octanol–water partition coefficient (Wildman–Crippen LogP) is 4.01. The fraction of sp³-hybridized carbons (Fsp3) is 1.00. The molecule has 0 aromatic rings. The van der Waals surface area contributed by atoms with Crippen molar-refractivity contribution < 1.29 is 0 Å². The first-order valence-electron chi connectivity index (χ1n) is 7.96. The van der Waals surface area contributed by atoms with E-state index in [0.717, 1.165) is 12.0 Å². The highest BCUT2D eigenvalue weighted by Gasteiger charge is 2.30. The first-order valence-corrected chi connectivity index (χ1v) is 7.96. The molecule has 1 saturated carbocycles. The van der Waals surface area contributed by atoms with Crippen LogP contribution in [-0.2, 0) is 0 Å². The largest absolute Gasteiger partial charge is 0.301 e. The van der Waals surface area contributed by atoms with Crippen molar-refractivity contribution in [1.29, 1.82) is 0 Å². The Kier molecular flexibility index (Phi) is 5.48. The van der Waals surface area contributed by atoms with Gasteiger partial charge in [-0.3, -0.25) is 4.90 Å². The van der Waals surface area contributed by atoms with Crippen molar-refractivity contribution in [1.82, 2.24) is 9.80 Å². The fourth-order valence-electron chi connectivity index (χ4n) is 2.92. The quantitative estimate of drug-likeness (QED) is 0.763. The van der Waals surface area contributed by atoms with Gasteiger partial charge in [-0.25, -0.2) is 0 Å². The topological polar surface area (TPSA) is 6.48 Å². The maximum Gasteiger partial charge on any atom is 0.0124 e. The molecule has 1 aliphatic rings. The Hall–Kier alpha value is -0.0800. The molecule has 0 spiro atoms. The fourth-order valence-corrected chi connectivity index (χ4v) is 2.92. The molecule has 1 fully saturated rings. The van der Waals surface area contributed by atoms with E-state index in [-0.39, 0.29) is 0 Å². The minimum Gasteiger partial charge on any atom is -0.301 e. The lowest BCUT2D eigenvalue weighted by atomic mass is 9.83. The van der Waals surface area contributed by atoms with Gasteiger partial charge in [0, 0.05) is 23.7 Å². The summed E-state index contributed by atoms with van der Waals surface area (Å²) in [5.74, 6) is 0.897. The average molecular weight is 268 g/mol. The molecule has 2 nitrogen and oxygen atoms in total. The van der Waals surface area contributed by atoms with Gasteiger partial charge < -0.3 is 4.90 Å². The van der Waals surface area contributed by atoms with Crippen LogP contribution in [0.2, 0.25) is 0 Å². The Morgan fingerprint density at radius 3 is 1.63 bits per heavy atom. The molecule has 0 radical (unpaired) electrons. The van der Waals surface area contributed by atoms with Gasteiger partial charge in [0.1, 0.15) is 0 Å². The maximum absolute atomic E-state index is 2.58. The molecule has 0 heterocycles. The van der Waals surface area contributed by atoms with Crippen molar-refractivity contribution in [2.45, 2.75) is 84.3 Å². The third-order valence-electron chi connectivity index (χ3n) is 5.10. The molecule has 0 aromatic heterocycles. The van der Waals surface area contributed by atoms with Gasteiger partial charge in [-0.2, -0.15) is 0 Å². The normalized spacial score (nSPS) is 26.2. The summed E-state index contributed by atoms with van der Waals surface area (Å²) in [5.41, 5.74) is 0.610. The molecule has 0 amide bonds. The third kappa shape index (κ3) is 5.07. The highest BCUT2D eigenvalue weighted by Crippen LogP contribution is 2.31. The summed E-state index contributed by atoms with van der Waals surface area (Å²) in [6, 6.07) is 0.788. The summed E-state index contributed by atoms with van der Waals surface area (Å²) >= 11 is 0. The summed E-state index contributed by atoms with van der Waals surface area (Å²) in [6.07, 6.45) is 5.53. The van der Waals surface area contributed by atoms with Crippen molar-refractivity contribution in [3.8, 4) is 0 Å². The zero-order valence-electron chi connectivity index (χ0n) is 14.6. The van der Waals surface area contributed by atoms with Gasteiger partial charge in [-0.05, 0) is 87.2 Å². The van der Waals surface area contributed by atoms with E-state index >= 15 is 0 Å². The Labute approximate surface area is 121 Å². The predicted molar refractivity (Wildman–Crippen MR) is 85.6 cm³/mol. The lowest BCUT2D eigenvalue weighted by Gasteiger charge is -2.43. The molecule has 0 atom stereocenters. The molecule has 19 heavy (non-hydrogen) atoms. The monoisotopic (exact) mass is 268 g/mol. The van der Waals surface area contributed by atoms with Crippen LogP contribution in [0.4, 0.5) is 0 Å². The van der Waals surface area contributed by atoms with Crippen LogP contribution in [0.25, 0.3) is 0 Å². The van der Waals surface area contributed by atoms with Gasteiger partial charge in [0.25, 0.3) is 0 Å². The van der Waals surface area contributed by atoms with Crippen molar-refractivity contribution in [2.24, 2.45) is 5.92 Å². The Bertz CT molecular complexity index is 264.